The summed E-state index contributed by atoms with van der Waals surface area (Å²) in [5, 5.41) is 16.6. The molecule has 1 fully saturated rings. The van der Waals surface area contributed by atoms with Crippen molar-refractivity contribution >= 4 is 23.4 Å². The standard InChI is InChI=1S/C25H29N5O6/c1-3-36-24(31)22-21(26-25(32)27-23(22)17-4-10-20(35-2)11-5-17)16-28-12-14-29(15-13-28)18-6-8-19(9-7-18)30(33)34/h4-11,23H,3,12-16H2,1-2H3,(H2,26,27,32). The molecule has 0 spiro atoms. The summed E-state index contributed by atoms with van der Waals surface area (Å²) in [6.07, 6.45) is 0. The quantitative estimate of drug-likeness (QED) is 0.325. The highest BCUT2D eigenvalue weighted by molar-refractivity contribution is 5.95. The van der Waals surface area contributed by atoms with Crippen molar-refractivity contribution in [2.24, 2.45) is 0 Å². The number of benzene rings is 2. The van der Waals surface area contributed by atoms with E-state index in [1.165, 1.54) is 12.1 Å². The molecule has 4 rings (SSSR count). The van der Waals surface area contributed by atoms with Crippen LogP contribution in [0.15, 0.2) is 59.8 Å². The normalized spacial score (nSPS) is 18.3. The van der Waals surface area contributed by atoms with E-state index in [2.05, 4.69) is 20.4 Å². The smallest absolute Gasteiger partial charge is 0.338 e. The molecule has 190 valence electrons. The fourth-order valence-electron chi connectivity index (χ4n) is 4.41. The molecule has 0 aromatic heterocycles. The molecule has 2 heterocycles. The number of methoxy groups -OCH3 is 1. The molecule has 1 atom stereocenters. The van der Waals surface area contributed by atoms with Crippen LogP contribution in [0.4, 0.5) is 16.2 Å². The Balaban J connectivity index is 1.52. The van der Waals surface area contributed by atoms with Gasteiger partial charge in [-0.05, 0) is 36.8 Å². The molecular weight excluding hydrogens is 466 g/mol. The Labute approximate surface area is 208 Å². The molecule has 2 aromatic rings. The van der Waals surface area contributed by atoms with Crippen LogP contribution >= 0.6 is 0 Å². The number of nitro groups is 1. The average molecular weight is 496 g/mol. The summed E-state index contributed by atoms with van der Waals surface area (Å²) in [6, 6.07) is 12.7. The third-order valence-electron chi connectivity index (χ3n) is 6.28. The van der Waals surface area contributed by atoms with E-state index in [1.54, 1.807) is 38.3 Å². The lowest BCUT2D eigenvalue weighted by Gasteiger charge is -2.38. The highest BCUT2D eigenvalue weighted by Crippen LogP contribution is 2.30. The third-order valence-corrected chi connectivity index (χ3v) is 6.28. The number of nitrogens with one attached hydrogen (secondary N) is 2. The number of non-ortho nitro benzene ring substituents is 1. The van der Waals surface area contributed by atoms with Gasteiger partial charge < -0.3 is 25.0 Å². The first-order valence-electron chi connectivity index (χ1n) is 11.7. The molecule has 2 aromatic carbocycles. The summed E-state index contributed by atoms with van der Waals surface area (Å²) in [4.78, 5) is 40.4. The summed E-state index contributed by atoms with van der Waals surface area (Å²) in [5.74, 6) is 0.192. The van der Waals surface area contributed by atoms with Gasteiger partial charge in [-0.3, -0.25) is 15.0 Å². The minimum atomic E-state index is -0.653. The zero-order valence-corrected chi connectivity index (χ0v) is 20.2. The number of hydrogen-bond donors (Lipinski definition) is 2. The van der Waals surface area contributed by atoms with E-state index >= 15 is 0 Å². The number of rotatable bonds is 8. The largest absolute Gasteiger partial charge is 0.497 e. The monoisotopic (exact) mass is 495 g/mol. The summed E-state index contributed by atoms with van der Waals surface area (Å²) >= 11 is 0. The second-order valence-electron chi connectivity index (χ2n) is 8.45. The van der Waals surface area contributed by atoms with Crippen molar-refractivity contribution in [3.05, 3.63) is 75.5 Å². The van der Waals surface area contributed by atoms with Crippen LogP contribution in [0, 0.1) is 10.1 Å². The lowest BCUT2D eigenvalue weighted by atomic mass is 9.94. The van der Waals surface area contributed by atoms with Crippen LogP contribution in [0.5, 0.6) is 5.75 Å². The number of ether oxygens (including phenoxy) is 2. The number of urea groups is 1. The molecular formula is C25H29N5O6. The van der Waals surface area contributed by atoms with Gasteiger partial charge in [-0.15, -0.1) is 0 Å². The Kier molecular flexibility index (Phi) is 7.69. The van der Waals surface area contributed by atoms with E-state index in [-0.39, 0.29) is 18.3 Å². The zero-order valence-electron chi connectivity index (χ0n) is 20.2. The maximum absolute atomic E-state index is 13.0. The fourth-order valence-corrected chi connectivity index (χ4v) is 4.41. The number of anilines is 1. The van der Waals surface area contributed by atoms with E-state index in [0.29, 0.717) is 49.7 Å². The van der Waals surface area contributed by atoms with Gasteiger partial charge in [0.05, 0.1) is 30.3 Å². The number of carbonyl (C=O) groups excluding carboxylic acids is 2. The van der Waals surface area contributed by atoms with E-state index in [9.17, 15) is 19.7 Å². The number of nitro benzene ring substituents is 1. The van der Waals surface area contributed by atoms with Gasteiger partial charge in [-0.25, -0.2) is 9.59 Å². The van der Waals surface area contributed by atoms with E-state index in [0.717, 1.165) is 11.3 Å². The zero-order chi connectivity index (χ0) is 25.7. The van der Waals surface area contributed by atoms with Crippen molar-refractivity contribution in [1.82, 2.24) is 15.5 Å². The topological polar surface area (TPSA) is 126 Å². The van der Waals surface area contributed by atoms with Gasteiger partial charge in [-0.1, -0.05) is 12.1 Å². The van der Waals surface area contributed by atoms with Crippen molar-refractivity contribution in [3.8, 4) is 5.75 Å². The summed E-state index contributed by atoms with van der Waals surface area (Å²) < 4.78 is 10.6. The Bertz CT molecular complexity index is 1140. The van der Waals surface area contributed by atoms with E-state index in [1.807, 2.05) is 12.1 Å². The molecule has 0 saturated carbocycles. The number of nitrogens with zero attached hydrogens (tertiary/aromatic N) is 3. The molecule has 0 radical (unpaired) electrons. The lowest BCUT2D eigenvalue weighted by molar-refractivity contribution is -0.384. The predicted molar refractivity (Wildman–Crippen MR) is 133 cm³/mol. The molecule has 11 nitrogen and oxygen atoms in total. The van der Waals surface area contributed by atoms with Crippen LogP contribution < -0.4 is 20.3 Å². The summed E-state index contributed by atoms with van der Waals surface area (Å²) in [6.45, 7) is 5.12. The van der Waals surface area contributed by atoms with Crippen LogP contribution in [0.1, 0.15) is 18.5 Å². The van der Waals surface area contributed by atoms with Gasteiger partial charge in [0.25, 0.3) is 5.69 Å². The van der Waals surface area contributed by atoms with Crippen LogP contribution in [0.25, 0.3) is 0 Å². The van der Waals surface area contributed by atoms with Crippen molar-refractivity contribution in [3.63, 3.8) is 0 Å². The molecule has 2 amide bonds. The second-order valence-corrected chi connectivity index (χ2v) is 8.45. The van der Waals surface area contributed by atoms with Gasteiger partial charge in [0.1, 0.15) is 5.75 Å². The number of hydrogen-bond acceptors (Lipinski definition) is 8. The van der Waals surface area contributed by atoms with Crippen molar-refractivity contribution < 1.29 is 24.0 Å². The van der Waals surface area contributed by atoms with Crippen molar-refractivity contribution in [2.75, 3.05) is 51.3 Å². The first-order chi connectivity index (χ1) is 17.4. The van der Waals surface area contributed by atoms with E-state index < -0.39 is 16.9 Å². The minimum Gasteiger partial charge on any atom is -0.497 e. The second kappa shape index (κ2) is 11.1. The molecule has 1 saturated heterocycles. The Morgan fingerprint density at radius 3 is 2.33 bits per heavy atom. The van der Waals surface area contributed by atoms with Crippen LogP contribution in [-0.2, 0) is 9.53 Å². The summed E-state index contributed by atoms with van der Waals surface area (Å²) in [5.41, 5.74) is 2.61. The highest BCUT2D eigenvalue weighted by Gasteiger charge is 2.34. The minimum absolute atomic E-state index is 0.0591. The van der Waals surface area contributed by atoms with Crippen LogP contribution in [-0.4, -0.2) is 68.3 Å². The van der Waals surface area contributed by atoms with Crippen molar-refractivity contribution in [2.45, 2.75) is 13.0 Å². The Morgan fingerprint density at radius 1 is 1.08 bits per heavy atom. The molecule has 0 aliphatic carbocycles. The van der Waals surface area contributed by atoms with Crippen molar-refractivity contribution in [1.29, 1.82) is 0 Å². The van der Waals surface area contributed by atoms with Crippen LogP contribution in [0.3, 0.4) is 0 Å². The van der Waals surface area contributed by atoms with Gasteiger partial charge >= 0.3 is 12.0 Å². The molecule has 2 N–H and O–H groups in total. The molecule has 2 aliphatic rings. The number of amides is 2. The maximum atomic E-state index is 13.0. The predicted octanol–water partition coefficient (Wildman–Crippen LogP) is 2.60. The molecule has 1 unspecified atom stereocenters. The number of carbonyl (C=O) groups is 2. The summed E-state index contributed by atoms with van der Waals surface area (Å²) in [7, 11) is 1.57. The number of piperazine rings is 1. The molecule has 11 heteroatoms. The van der Waals surface area contributed by atoms with Gasteiger partial charge in [-0.2, -0.15) is 0 Å². The SMILES string of the molecule is CCOC(=O)C1=C(CN2CCN(c3ccc([N+](=O)[O-])cc3)CC2)NC(=O)NC1c1ccc(OC)cc1. The first kappa shape index (κ1) is 25.0. The molecule has 2 aliphatic heterocycles. The molecule has 0 bridgehead atoms. The highest BCUT2D eigenvalue weighted by atomic mass is 16.6. The average Bonchev–Trinajstić information content (AvgIpc) is 2.89. The Hall–Kier alpha value is -4.12. The first-order valence-corrected chi connectivity index (χ1v) is 11.7. The van der Waals surface area contributed by atoms with Gasteiger partial charge in [0, 0.05) is 56.2 Å². The molecule has 36 heavy (non-hydrogen) atoms. The van der Waals surface area contributed by atoms with E-state index in [4.69, 9.17) is 9.47 Å². The number of esters is 1. The fraction of sp³-hybridized carbons (Fsp3) is 0.360. The third kappa shape index (κ3) is 5.57. The lowest BCUT2D eigenvalue weighted by Crippen LogP contribution is -2.51. The van der Waals surface area contributed by atoms with Gasteiger partial charge in [0.2, 0.25) is 0 Å². The Morgan fingerprint density at radius 2 is 1.75 bits per heavy atom. The van der Waals surface area contributed by atoms with Gasteiger partial charge in [0.15, 0.2) is 0 Å². The maximum Gasteiger partial charge on any atom is 0.338 e. The van der Waals surface area contributed by atoms with Crippen LogP contribution in [0.2, 0.25) is 0 Å².